The topological polar surface area (TPSA) is 51.5 Å². The lowest BCUT2D eigenvalue weighted by molar-refractivity contribution is -0.123. The molecule has 1 aliphatic rings. The second-order valence-electron chi connectivity index (χ2n) is 7.68. The predicted molar refractivity (Wildman–Crippen MR) is 135 cm³/mol. The molecule has 0 unspecified atom stereocenters. The number of carbonyl (C=O) groups excluding carboxylic acids is 2. The van der Waals surface area contributed by atoms with Crippen LogP contribution in [-0.4, -0.2) is 33.8 Å². The molecule has 2 amide bonds. The van der Waals surface area contributed by atoms with E-state index in [1.54, 1.807) is 30.3 Å². The van der Waals surface area contributed by atoms with Crippen molar-refractivity contribution in [3.63, 3.8) is 0 Å². The Morgan fingerprint density at radius 2 is 1.76 bits per heavy atom. The first-order valence-corrected chi connectivity index (χ1v) is 11.9. The Morgan fingerprint density at radius 3 is 2.48 bits per heavy atom. The summed E-state index contributed by atoms with van der Waals surface area (Å²) in [4.78, 5) is 27.0. The van der Waals surface area contributed by atoms with Crippen LogP contribution in [-0.2, 0) is 4.79 Å². The van der Waals surface area contributed by atoms with Crippen LogP contribution in [0.1, 0.15) is 22.5 Å². The van der Waals surface area contributed by atoms with Crippen molar-refractivity contribution in [2.45, 2.75) is 20.8 Å². The van der Waals surface area contributed by atoms with Crippen LogP contribution in [0, 0.1) is 20.8 Å². The number of carbonyl (C=O) groups is 2. The highest BCUT2D eigenvalue weighted by atomic mass is 35.5. The van der Waals surface area contributed by atoms with Gasteiger partial charge in [0.2, 0.25) is 0 Å². The van der Waals surface area contributed by atoms with Gasteiger partial charge in [0.1, 0.15) is 12.4 Å². The zero-order valence-electron chi connectivity index (χ0n) is 18.4. The largest absolute Gasteiger partial charge is 0.492 e. The highest BCUT2D eigenvalue weighted by Gasteiger charge is 2.35. The molecular formula is C25H22Cl2N2O3S. The molecule has 0 N–H and O–H groups in total. The summed E-state index contributed by atoms with van der Waals surface area (Å²) < 4.78 is 7.74. The minimum Gasteiger partial charge on any atom is -0.492 e. The van der Waals surface area contributed by atoms with E-state index in [4.69, 9.17) is 27.9 Å². The number of thioether (sulfide) groups is 1. The van der Waals surface area contributed by atoms with Gasteiger partial charge in [0.05, 0.1) is 11.4 Å². The molecule has 5 nitrogen and oxygen atoms in total. The number of hydrogen-bond donors (Lipinski definition) is 0. The molecule has 0 aliphatic carbocycles. The summed E-state index contributed by atoms with van der Waals surface area (Å²) in [6.45, 7) is 6.35. The third-order valence-corrected chi connectivity index (χ3v) is 7.08. The normalized spacial score (nSPS) is 15.1. The second-order valence-corrected chi connectivity index (χ2v) is 9.52. The van der Waals surface area contributed by atoms with Crippen LogP contribution in [0.5, 0.6) is 5.75 Å². The van der Waals surface area contributed by atoms with Gasteiger partial charge in [0.25, 0.3) is 11.1 Å². The van der Waals surface area contributed by atoms with Crippen molar-refractivity contribution in [3.8, 4) is 11.4 Å². The molecule has 1 fully saturated rings. The third-order valence-electron chi connectivity index (χ3n) is 5.51. The Bertz CT molecular complexity index is 1270. The smallest absolute Gasteiger partial charge is 0.293 e. The van der Waals surface area contributed by atoms with Crippen LogP contribution in [0.3, 0.4) is 0 Å². The minimum absolute atomic E-state index is 0.172. The molecule has 0 radical (unpaired) electrons. The lowest BCUT2D eigenvalue weighted by Crippen LogP contribution is -2.32. The fourth-order valence-electron chi connectivity index (χ4n) is 3.76. The first kappa shape index (κ1) is 23.5. The molecule has 33 heavy (non-hydrogen) atoms. The van der Waals surface area contributed by atoms with Crippen molar-refractivity contribution >= 4 is 52.2 Å². The molecule has 2 aromatic carbocycles. The van der Waals surface area contributed by atoms with Gasteiger partial charge in [-0.15, -0.1) is 0 Å². The van der Waals surface area contributed by atoms with Gasteiger partial charge in [-0.25, -0.2) is 0 Å². The van der Waals surface area contributed by atoms with Gasteiger partial charge in [0.15, 0.2) is 0 Å². The molecule has 3 aromatic rings. The summed E-state index contributed by atoms with van der Waals surface area (Å²) in [5.41, 5.74) is 4.84. The average molecular weight is 501 g/mol. The molecule has 4 rings (SSSR count). The number of amides is 2. The summed E-state index contributed by atoms with van der Waals surface area (Å²) in [7, 11) is 0. The molecule has 8 heteroatoms. The molecule has 1 aliphatic heterocycles. The third kappa shape index (κ3) is 4.83. The van der Waals surface area contributed by atoms with Gasteiger partial charge < -0.3 is 9.30 Å². The molecular weight excluding hydrogens is 479 g/mol. The second kappa shape index (κ2) is 9.67. The SMILES string of the molecule is Cc1c(Cl)cccc1-n1c(C)cc(/C=C2\SC(=O)N(CCOc3ccc(Cl)cc3)C2=O)c1C. The van der Waals surface area contributed by atoms with Gasteiger partial charge in [0, 0.05) is 27.1 Å². The van der Waals surface area contributed by atoms with Crippen molar-refractivity contribution < 1.29 is 14.3 Å². The fraction of sp³-hybridized carbons (Fsp3) is 0.200. The number of ether oxygens (including phenoxy) is 1. The number of nitrogens with zero attached hydrogens (tertiary/aromatic N) is 2. The van der Waals surface area contributed by atoms with Crippen LogP contribution in [0.15, 0.2) is 53.4 Å². The average Bonchev–Trinajstić information content (AvgIpc) is 3.21. The summed E-state index contributed by atoms with van der Waals surface area (Å²) >= 11 is 13.1. The predicted octanol–water partition coefficient (Wildman–Crippen LogP) is 6.82. The van der Waals surface area contributed by atoms with Crippen LogP contribution in [0.4, 0.5) is 4.79 Å². The molecule has 0 bridgehead atoms. The van der Waals surface area contributed by atoms with Gasteiger partial charge in [-0.05, 0) is 92.2 Å². The summed E-state index contributed by atoms with van der Waals surface area (Å²) in [5, 5.41) is 1.01. The Hall–Kier alpha value is -2.67. The Labute approximate surface area is 206 Å². The number of rotatable bonds is 6. The van der Waals surface area contributed by atoms with Crippen LogP contribution in [0.2, 0.25) is 10.0 Å². The maximum atomic E-state index is 12.9. The van der Waals surface area contributed by atoms with Crippen molar-refractivity contribution in [2.75, 3.05) is 13.2 Å². The maximum Gasteiger partial charge on any atom is 0.293 e. The maximum absolute atomic E-state index is 12.9. The Kier molecular flexibility index (Phi) is 6.88. The minimum atomic E-state index is -0.312. The highest BCUT2D eigenvalue weighted by Crippen LogP contribution is 2.34. The van der Waals surface area contributed by atoms with E-state index in [-0.39, 0.29) is 24.3 Å². The lowest BCUT2D eigenvalue weighted by Gasteiger charge is -2.14. The number of aromatic nitrogens is 1. The fourth-order valence-corrected chi connectivity index (χ4v) is 4.91. The molecule has 0 atom stereocenters. The van der Waals surface area contributed by atoms with Crippen molar-refractivity contribution in [3.05, 3.63) is 86.0 Å². The van der Waals surface area contributed by atoms with Crippen molar-refractivity contribution in [2.24, 2.45) is 0 Å². The summed E-state index contributed by atoms with van der Waals surface area (Å²) in [6.07, 6.45) is 1.78. The number of imide groups is 1. The van der Waals surface area contributed by atoms with E-state index in [2.05, 4.69) is 4.57 Å². The number of halogens is 2. The zero-order valence-corrected chi connectivity index (χ0v) is 20.7. The Morgan fingerprint density at radius 1 is 1.03 bits per heavy atom. The Balaban J connectivity index is 1.51. The van der Waals surface area contributed by atoms with E-state index in [0.717, 1.165) is 40.0 Å². The highest BCUT2D eigenvalue weighted by molar-refractivity contribution is 8.18. The monoisotopic (exact) mass is 500 g/mol. The first-order valence-electron chi connectivity index (χ1n) is 10.3. The van der Waals surface area contributed by atoms with Gasteiger partial charge in [-0.2, -0.15) is 0 Å². The summed E-state index contributed by atoms with van der Waals surface area (Å²) in [5.74, 6) is 0.319. The van der Waals surface area contributed by atoms with E-state index in [1.165, 1.54) is 4.90 Å². The quantitative estimate of drug-likeness (QED) is 0.348. The molecule has 0 saturated carbocycles. The van der Waals surface area contributed by atoms with Gasteiger partial charge >= 0.3 is 0 Å². The molecule has 1 saturated heterocycles. The zero-order chi connectivity index (χ0) is 23.7. The molecule has 170 valence electrons. The van der Waals surface area contributed by atoms with Gasteiger partial charge in [-0.3, -0.25) is 14.5 Å². The van der Waals surface area contributed by atoms with E-state index < -0.39 is 0 Å². The van der Waals surface area contributed by atoms with Crippen molar-refractivity contribution in [1.29, 1.82) is 0 Å². The summed E-state index contributed by atoms with van der Waals surface area (Å²) in [6, 6.07) is 14.7. The van der Waals surface area contributed by atoms with Crippen molar-refractivity contribution in [1.82, 2.24) is 9.47 Å². The van der Waals surface area contributed by atoms with E-state index >= 15 is 0 Å². The number of aryl methyl sites for hydroxylation is 1. The van der Waals surface area contributed by atoms with E-state index in [9.17, 15) is 9.59 Å². The number of benzene rings is 2. The van der Waals surface area contributed by atoms with E-state index in [0.29, 0.717) is 20.7 Å². The van der Waals surface area contributed by atoms with Crippen LogP contribution >= 0.6 is 35.0 Å². The molecule has 0 spiro atoms. The van der Waals surface area contributed by atoms with Gasteiger partial charge in [-0.1, -0.05) is 29.3 Å². The van der Waals surface area contributed by atoms with Crippen LogP contribution in [0.25, 0.3) is 11.8 Å². The molecule has 2 heterocycles. The number of hydrogen-bond acceptors (Lipinski definition) is 4. The lowest BCUT2D eigenvalue weighted by atomic mass is 10.2. The van der Waals surface area contributed by atoms with Crippen LogP contribution < -0.4 is 4.74 Å². The molecule has 1 aromatic heterocycles. The standard InChI is InChI=1S/C25H22Cl2N2O3S/c1-15-13-18(17(3)29(15)22-6-4-5-21(27)16(22)2)14-23-24(30)28(25(31)33-23)11-12-32-20-9-7-19(26)8-10-20/h4-10,13-14H,11-12H2,1-3H3/b23-14-. The first-order chi connectivity index (χ1) is 15.8. The van der Waals surface area contributed by atoms with E-state index in [1.807, 2.05) is 45.0 Å².